The van der Waals surface area contributed by atoms with E-state index in [-0.39, 0.29) is 0 Å². The number of piperazine rings is 1. The lowest BCUT2D eigenvalue weighted by Gasteiger charge is -2.26. The minimum atomic E-state index is 0.742. The highest BCUT2D eigenvalue weighted by molar-refractivity contribution is 5.31. The Labute approximate surface area is 103 Å². The number of nitrogens with one attached hydrogen (secondary N) is 1. The van der Waals surface area contributed by atoms with E-state index in [2.05, 4.69) is 10.2 Å². The highest BCUT2D eigenvalue weighted by Gasteiger charge is 2.08. The number of rotatable bonds is 5. The van der Waals surface area contributed by atoms with Crippen molar-refractivity contribution in [3.63, 3.8) is 0 Å². The first kappa shape index (κ1) is 12.2. The van der Waals surface area contributed by atoms with Crippen molar-refractivity contribution in [3.05, 3.63) is 24.3 Å². The minimum Gasteiger partial charge on any atom is -0.497 e. The molecule has 0 saturated carbocycles. The number of benzene rings is 1. The summed E-state index contributed by atoms with van der Waals surface area (Å²) in [6.45, 7) is 6.14. The van der Waals surface area contributed by atoms with Crippen LogP contribution in [-0.4, -0.2) is 51.3 Å². The van der Waals surface area contributed by atoms with Crippen molar-refractivity contribution in [2.24, 2.45) is 0 Å². The first-order chi connectivity index (χ1) is 8.38. The molecule has 4 nitrogen and oxygen atoms in total. The van der Waals surface area contributed by atoms with E-state index in [1.807, 2.05) is 24.3 Å². The van der Waals surface area contributed by atoms with Gasteiger partial charge in [-0.05, 0) is 24.3 Å². The maximum atomic E-state index is 5.69. The van der Waals surface area contributed by atoms with E-state index in [9.17, 15) is 0 Å². The Morgan fingerprint density at radius 3 is 2.41 bits per heavy atom. The lowest BCUT2D eigenvalue weighted by Crippen LogP contribution is -2.44. The predicted octanol–water partition coefficient (Wildman–Crippen LogP) is 0.979. The van der Waals surface area contributed by atoms with Crippen molar-refractivity contribution in [2.45, 2.75) is 0 Å². The molecule has 1 heterocycles. The summed E-state index contributed by atoms with van der Waals surface area (Å²) in [5, 5.41) is 3.34. The Morgan fingerprint density at radius 1 is 1.12 bits per heavy atom. The van der Waals surface area contributed by atoms with E-state index in [1.165, 1.54) is 0 Å². The second-order valence-corrected chi connectivity index (χ2v) is 4.12. The molecule has 17 heavy (non-hydrogen) atoms. The molecule has 94 valence electrons. The second-order valence-electron chi connectivity index (χ2n) is 4.12. The van der Waals surface area contributed by atoms with Gasteiger partial charge in [0.1, 0.15) is 18.1 Å². The monoisotopic (exact) mass is 236 g/mol. The van der Waals surface area contributed by atoms with E-state index < -0.39 is 0 Å². The van der Waals surface area contributed by atoms with E-state index in [0.29, 0.717) is 0 Å². The Bertz CT molecular complexity index is 321. The van der Waals surface area contributed by atoms with Gasteiger partial charge in [0.2, 0.25) is 0 Å². The van der Waals surface area contributed by atoms with Gasteiger partial charge in [-0.2, -0.15) is 0 Å². The Hall–Kier alpha value is -1.26. The smallest absolute Gasteiger partial charge is 0.119 e. The summed E-state index contributed by atoms with van der Waals surface area (Å²) in [7, 11) is 1.67. The second kappa shape index (κ2) is 6.47. The van der Waals surface area contributed by atoms with Gasteiger partial charge in [-0.3, -0.25) is 4.90 Å². The van der Waals surface area contributed by atoms with Crippen LogP contribution in [-0.2, 0) is 0 Å². The van der Waals surface area contributed by atoms with Crippen molar-refractivity contribution in [1.82, 2.24) is 10.2 Å². The fourth-order valence-electron chi connectivity index (χ4n) is 1.90. The van der Waals surface area contributed by atoms with Crippen molar-refractivity contribution < 1.29 is 9.47 Å². The van der Waals surface area contributed by atoms with Crippen LogP contribution in [0.15, 0.2) is 24.3 Å². The summed E-state index contributed by atoms with van der Waals surface area (Å²) in [4.78, 5) is 2.42. The van der Waals surface area contributed by atoms with Crippen LogP contribution in [0, 0.1) is 0 Å². The molecule has 1 aliphatic rings. The van der Waals surface area contributed by atoms with Crippen molar-refractivity contribution in [2.75, 3.05) is 46.4 Å². The van der Waals surface area contributed by atoms with Crippen molar-refractivity contribution in [1.29, 1.82) is 0 Å². The number of hydrogen-bond donors (Lipinski definition) is 1. The van der Waals surface area contributed by atoms with Crippen molar-refractivity contribution in [3.8, 4) is 11.5 Å². The van der Waals surface area contributed by atoms with Crippen LogP contribution in [0.5, 0.6) is 11.5 Å². The molecule has 0 bridgehead atoms. The molecule has 1 N–H and O–H groups in total. The first-order valence-corrected chi connectivity index (χ1v) is 6.08. The van der Waals surface area contributed by atoms with Gasteiger partial charge in [0, 0.05) is 32.7 Å². The SMILES string of the molecule is COc1ccc(OCCN2CCNCC2)cc1. The quantitative estimate of drug-likeness (QED) is 0.826. The molecule has 0 radical (unpaired) electrons. The van der Waals surface area contributed by atoms with E-state index in [4.69, 9.17) is 9.47 Å². The highest BCUT2D eigenvalue weighted by atomic mass is 16.5. The molecule has 0 atom stereocenters. The van der Waals surface area contributed by atoms with Crippen molar-refractivity contribution >= 4 is 0 Å². The third kappa shape index (κ3) is 3.91. The Kier molecular flexibility index (Phi) is 4.64. The summed E-state index contributed by atoms with van der Waals surface area (Å²) >= 11 is 0. The molecule has 1 aromatic rings. The average molecular weight is 236 g/mol. The van der Waals surface area contributed by atoms with E-state index >= 15 is 0 Å². The van der Waals surface area contributed by atoms with Gasteiger partial charge in [0.15, 0.2) is 0 Å². The molecule has 0 aliphatic carbocycles. The molecule has 1 fully saturated rings. The number of ether oxygens (including phenoxy) is 2. The zero-order valence-electron chi connectivity index (χ0n) is 10.3. The van der Waals surface area contributed by atoms with Gasteiger partial charge in [0.25, 0.3) is 0 Å². The maximum Gasteiger partial charge on any atom is 0.119 e. The summed E-state index contributed by atoms with van der Waals surface area (Å²) < 4.78 is 10.8. The summed E-state index contributed by atoms with van der Waals surface area (Å²) in [5.74, 6) is 1.76. The van der Waals surface area contributed by atoms with Gasteiger partial charge in [0.05, 0.1) is 7.11 Å². The van der Waals surface area contributed by atoms with Gasteiger partial charge in [-0.1, -0.05) is 0 Å². The third-order valence-electron chi connectivity index (χ3n) is 2.95. The lowest BCUT2D eigenvalue weighted by molar-refractivity contribution is 0.191. The van der Waals surface area contributed by atoms with Gasteiger partial charge in [-0.15, -0.1) is 0 Å². The molecule has 1 aromatic carbocycles. The highest BCUT2D eigenvalue weighted by Crippen LogP contribution is 2.16. The molecule has 0 unspecified atom stereocenters. The van der Waals surface area contributed by atoms with Crippen LogP contribution >= 0.6 is 0 Å². The predicted molar refractivity (Wildman–Crippen MR) is 67.8 cm³/mol. The van der Waals surface area contributed by atoms with Crippen LogP contribution in [0.3, 0.4) is 0 Å². The van der Waals surface area contributed by atoms with Gasteiger partial charge in [-0.25, -0.2) is 0 Å². The van der Waals surface area contributed by atoms with Crippen LogP contribution in [0.1, 0.15) is 0 Å². The first-order valence-electron chi connectivity index (χ1n) is 6.08. The number of hydrogen-bond acceptors (Lipinski definition) is 4. The Morgan fingerprint density at radius 2 is 1.76 bits per heavy atom. The molecule has 1 saturated heterocycles. The van der Waals surface area contributed by atoms with Crippen LogP contribution in [0.4, 0.5) is 0 Å². The molecule has 2 rings (SSSR count). The normalized spacial score (nSPS) is 16.8. The third-order valence-corrected chi connectivity index (χ3v) is 2.95. The average Bonchev–Trinajstić information content (AvgIpc) is 2.41. The molecule has 0 spiro atoms. The maximum absolute atomic E-state index is 5.69. The topological polar surface area (TPSA) is 33.7 Å². The van der Waals surface area contributed by atoms with Crippen LogP contribution in [0.25, 0.3) is 0 Å². The Balaban J connectivity index is 1.69. The van der Waals surface area contributed by atoms with Crippen LogP contribution in [0.2, 0.25) is 0 Å². The fourth-order valence-corrected chi connectivity index (χ4v) is 1.90. The molecular formula is C13H20N2O2. The largest absolute Gasteiger partial charge is 0.497 e. The number of nitrogens with zero attached hydrogens (tertiary/aromatic N) is 1. The zero-order chi connectivity index (χ0) is 11.9. The zero-order valence-corrected chi connectivity index (χ0v) is 10.3. The summed E-state index contributed by atoms with van der Waals surface area (Å²) in [6.07, 6.45) is 0. The summed E-state index contributed by atoms with van der Waals surface area (Å²) in [6, 6.07) is 7.72. The lowest BCUT2D eigenvalue weighted by atomic mass is 10.3. The standard InChI is InChI=1S/C13H20N2O2/c1-16-12-2-4-13(5-3-12)17-11-10-15-8-6-14-7-9-15/h2-5,14H,6-11H2,1H3. The van der Waals surface area contributed by atoms with Crippen LogP contribution < -0.4 is 14.8 Å². The molecule has 0 aromatic heterocycles. The van der Waals surface area contributed by atoms with Gasteiger partial charge < -0.3 is 14.8 Å². The molecule has 0 amide bonds. The fraction of sp³-hybridized carbons (Fsp3) is 0.538. The summed E-state index contributed by atoms with van der Waals surface area (Å²) in [5.41, 5.74) is 0. The molecule has 4 heteroatoms. The van der Waals surface area contributed by atoms with E-state index in [1.54, 1.807) is 7.11 Å². The molecule has 1 aliphatic heterocycles. The molecular weight excluding hydrogens is 216 g/mol. The minimum absolute atomic E-state index is 0.742. The number of methoxy groups -OCH3 is 1. The van der Waals surface area contributed by atoms with E-state index in [0.717, 1.165) is 50.8 Å². The van der Waals surface area contributed by atoms with Gasteiger partial charge >= 0.3 is 0 Å².